The van der Waals surface area contributed by atoms with Crippen LogP contribution in [0.25, 0.3) is 0 Å². The van der Waals surface area contributed by atoms with E-state index in [1.165, 1.54) is 4.31 Å². The zero-order valence-electron chi connectivity index (χ0n) is 16.0. The van der Waals surface area contributed by atoms with Gasteiger partial charge in [-0.1, -0.05) is 54.4 Å². The van der Waals surface area contributed by atoms with E-state index in [1.54, 1.807) is 32.0 Å². The average molecular weight is 409 g/mol. The highest BCUT2D eigenvalue weighted by molar-refractivity contribution is 7.92. The summed E-state index contributed by atoms with van der Waals surface area (Å²) in [7, 11) is -3.69. The van der Waals surface area contributed by atoms with Gasteiger partial charge in [0.25, 0.3) is 0 Å². The van der Waals surface area contributed by atoms with Gasteiger partial charge in [0.15, 0.2) is 0 Å². The lowest BCUT2D eigenvalue weighted by atomic mass is 10.1. The van der Waals surface area contributed by atoms with Gasteiger partial charge in [0.2, 0.25) is 15.9 Å². The molecule has 0 aliphatic heterocycles. The maximum absolute atomic E-state index is 12.8. The quantitative estimate of drug-likeness (QED) is 0.757. The molecule has 0 radical (unpaired) electrons. The van der Waals surface area contributed by atoms with Crippen molar-refractivity contribution in [2.45, 2.75) is 39.8 Å². The molecule has 0 bridgehead atoms. The van der Waals surface area contributed by atoms with E-state index in [0.29, 0.717) is 23.7 Å². The van der Waals surface area contributed by atoms with Crippen LogP contribution in [0, 0.1) is 13.8 Å². The zero-order valence-corrected chi connectivity index (χ0v) is 17.6. The first kappa shape index (κ1) is 21.3. The monoisotopic (exact) mass is 408 g/mol. The van der Waals surface area contributed by atoms with Gasteiger partial charge in [-0.2, -0.15) is 0 Å². The number of hydrogen-bond acceptors (Lipinski definition) is 3. The normalized spacial score (nSPS) is 12.5. The molecule has 1 atom stereocenters. The van der Waals surface area contributed by atoms with E-state index in [9.17, 15) is 13.2 Å². The van der Waals surface area contributed by atoms with Crippen LogP contribution in [0.4, 0.5) is 5.69 Å². The average Bonchev–Trinajstić information content (AvgIpc) is 2.60. The minimum atomic E-state index is -3.69. The number of carbonyl (C=O) groups excluding carboxylic acids is 1. The van der Waals surface area contributed by atoms with Crippen molar-refractivity contribution >= 4 is 33.2 Å². The second-order valence-electron chi connectivity index (χ2n) is 6.62. The first-order valence-corrected chi connectivity index (χ1v) is 10.9. The van der Waals surface area contributed by atoms with E-state index >= 15 is 0 Å². The Labute approximate surface area is 166 Å². The molecule has 0 unspecified atom stereocenters. The van der Waals surface area contributed by atoms with Gasteiger partial charge >= 0.3 is 0 Å². The molecule has 0 heterocycles. The fourth-order valence-corrected chi connectivity index (χ4v) is 4.30. The fraction of sp³-hybridized carbons (Fsp3) is 0.350. The molecular formula is C20H25ClN2O3S. The highest BCUT2D eigenvalue weighted by atomic mass is 35.5. The Bertz CT molecular complexity index is 911. The van der Waals surface area contributed by atoms with Crippen LogP contribution in [0.3, 0.4) is 0 Å². The van der Waals surface area contributed by atoms with Crippen LogP contribution in [0.2, 0.25) is 5.02 Å². The first-order chi connectivity index (χ1) is 12.6. The van der Waals surface area contributed by atoms with Crippen LogP contribution in [-0.4, -0.2) is 26.6 Å². The Kier molecular flexibility index (Phi) is 6.89. The Morgan fingerprint density at radius 1 is 1.15 bits per heavy atom. The number of hydrogen-bond donors (Lipinski definition) is 1. The molecule has 1 N–H and O–H groups in total. The Hall–Kier alpha value is -2.05. The van der Waals surface area contributed by atoms with Crippen LogP contribution in [-0.2, 0) is 21.4 Å². The summed E-state index contributed by atoms with van der Waals surface area (Å²) >= 11 is 6.07. The van der Waals surface area contributed by atoms with Crippen molar-refractivity contribution in [3.8, 4) is 0 Å². The molecule has 7 heteroatoms. The Balaban J connectivity index is 2.30. The molecule has 0 aliphatic rings. The number of sulfonamides is 1. The summed E-state index contributed by atoms with van der Waals surface area (Å²) in [6.45, 7) is 5.91. The number of amides is 1. The summed E-state index contributed by atoms with van der Waals surface area (Å²) in [4.78, 5) is 12.8. The van der Waals surface area contributed by atoms with Crippen LogP contribution in [0.1, 0.15) is 30.0 Å². The summed E-state index contributed by atoms with van der Waals surface area (Å²) in [5, 5.41) is 3.26. The van der Waals surface area contributed by atoms with Crippen molar-refractivity contribution in [3.05, 3.63) is 64.2 Å². The second kappa shape index (κ2) is 8.76. The third-order valence-corrected chi connectivity index (χ3v) is 5.73. The van der Waals surface area contributed by atoms with Crippen molar-refractivity contribution in [3.63, 3.8) is 0 Å². The summed E-state index contributed by atoms with van der Waals surface area (Å²) < 4.78 is 26.2. The minimum Gasteiger partial charge on any atom is -0.350 e. The van der Waals surface area contributed by atoms with E-state index in [-0.39, 0.29) is 5.91 Å². The van der Waals surface area contributed by atoms with Gasteiger partial charge in [-0.15, -0.1) is 0 Å². The highest BCUT2D eigenvalue weighted by Crippen LogP contribution is 2.29. The van der Waals surface area contributed by atoms with Gasteiger partial charge in [0.1, 0.15) is 6.04 Å². The number of benzene rings is 2. The number of aryl methyl sites for hydroxylation is 2. The molecule has 2 rings (SSSR count). The van der Waals surface area contributed by atoms with Crippen LogP contribution in [0.5, 0.6) is 0 Å². The van der Waals surface area contributed by atoms with E-state index in [4.69, 9.17) is 11.6 Å². The molecule has 0 spiro atoms. The molecule has 0 saturated heterocycles. The van der Waals surface area contributed by atoms with Crippen LogP contribution >= 0.6 is 11.6 Å². The molecule has 146 valence electrons. The molecule has 2 aromatic carbocycles. The Morgan fingerprint density at radius 2 is 1.78 bits per heavy atom. The molecule has 0 aliphatic carbocycles. The molecular weight excluding hydrogens is 384 g/mol. The first-order valence-electron chi connectivity index (χ1n) is 8.72. The van der Waals surface area contributed by atoms with E-state index < -0.39 is 16.1 Å². The highest BCUT2D eigenvalue weighted by Gasteiger charge is 2.32. The summed E-state index contributed by atoms with van der Waals surface area (Å²) in [6.07, 6.45) is 1.43. The topological polar surface area (TPSA) is 66.5 Å². The van der Waals surface area contributed by atoms with Crippen molar-refractivity contribution in [1.82, 2.24) is 5.32 Å². The number of rotatable bonds is 7. The lowest BCUT2D eigenvalue weighted by molar-refractivity contribution is -0.122. The zero-order chi connectivity index (χ0) is 20.2. The maximum atomic E-state index is 12.8. The minimum absolute atomic E-state index is 0.332. The lowest BCUT2D eigenvalue weighted by Crippen LogP contribution is -2.49. The second-order valence-corrected chi connectivity index (χ2v) is 8.91. The van der Waals surface area contributed by atoms with Gasteiger partial charge in [0.05, 0.1) is 11.9 Å². The van der Waals surface area contributed by atoms with E-state index in [2.05, 4.69) is 5.32 Å². The lowest BCUT2D eigenvalue weighted by Gasteiger charge is -2.31. The molecule has 0 fully saturated rings. The summed E-state index contributed by atoms with van der Waals surface area (Å²) in [5.41, 5.74) is 3.24. The number of halogens is 1. The van der Waals surface area contributed by atoms with Gasteiger partial charge in [-0.25, -0.2) is 8.42 Å². The fourth-order valence-electron chi connectivity index (χ4n) is 2.87. The summed E-state index contributed by atoms with van der Waals surface area (Å²) in [5.74, 6) is -0.345. The largest absolute Gasteiger partial charge is 0.350 e. The standard InChI is InChI=1S/C20H25ClN2O3S/c1-5-18(20(24)22-13-16-9-6-14(2)7-10-16)23(27(4,25)26)19-12-17(21)11-8-15(19)3/h6-12,18H,5,13H2,1-4H3,(H,22,24)/t18-/m1/s1. The van der Waals surface area contributed by atoms with Crippen molar-refractivity contribution < 1.29 is 13.2 Å². The number of nitrogens with one attached hydrogen (secondary N) is 1. The number of carbonyl (C=O) groups is 1. The predicted octanol–water partition coefficient (Wildman–Crippen LogP) is 3.82. The van der Waals surface area contributed by atoms with Crippen molar-refractivity contribution in [2.75, 3.05) is 10.6 Å². The van der Waals surface area contributed by atoms with E-state index in [0.717, 1.165) is 22.9 Å². The molecule has 0 aromatic heterocycles. The molecule has 27 heavy (non-hydrogen) atoms. The van der Waals surface area contributed by atoms with Gasteiger partial charge in [-0.3, -0.25) is 9.10 Å². The van der Waals surface area contributed by atoms with Crippen LogP contribution in [0.15, 0.2) is 42.5 Å². The SMILES string of the molecule is CC[C@H](C(=O)NCc1ccc(C)cc1)N(c1cc(Cl)ccc1C)S(C)(=O)=O. The maximum Gasteiger partial charge on any atom is 0.244 e. The number of anilines is 1. The van der Waals surface area contributed by atoms with Gasteiger partial charge in [0, 0.05) is 11.6 Å². The van der Waals surface area contributed by atoms with E-state index in [1.807, 2.05) is 31.2 Å². The number of nitrogens with zero attached hydrogens (tertiary/aromatic N) is 1. The van der Waals surface area contributed by atoms with Crippen LogP contribution < -0.4 is 9.62 Å². The molecule has 1 amide bonds. The smallest absolute Gasteiger partial charge is 0.244 e. The third-order valence-electron chi connectivity index (χ3n) is 4.33. The predicted molar refractivity (Wildman–Crippen MR) is 111 cm³/mol. The summed E-state index contributed by atoms with van der Waals surface area (Å²) in [6, 6.07) is 12.0. The van der Waals surface area contributed by atoms with Gasteiger partial charge in [-0.05, 0) is 43.5 Å². The third kappa shape index (κ3) is 5.47. The van der Waals surface area contributed by atoms with Crippen molar-refractivity contribution in [2.24, 2.45) is 0 Å². The molecule has 5 nitrogen and oxygen atoms in total. The Morgan fingerprint density at radius 3 is 2.33 bits per heavy atom. The molecule has 0 saturated carbocycles. The molecule has 2 aromatic rings. The van der Waals surface area contributed by atoms with Crippen molar-refractivity contribution in [1.29, 1.82) is 0 Å². The van der Waals surface area contributed by atoms with Gasteiger partial charge < -0.3 is 5.32 Å².